The van der Waals surface area contributed by atoms with E-state index in [1.807, 2.05) is 19.1 Å². The zero-order valence-electron chi connectivity index (χ0n) is 7.54. The molecule has 0 spiro atoms. The molecule has 0 bridgehead atoms. The molecule has 1 rings (SSSR count). The molecule has 0 aromatic carbocycles. The summed E-state index contributed by atoms with van der Waals surface area (Å²) in [6, 6.07) is 4.26. The van der Waals surface area contributed by atoms with Crippen molar-refractivity contribution in [2.75, 3.05) is 11.9 Å². The zero-order chi connectivity index (χ0) is 8.97. The van der Waals surface area contributed by atoms with Gasteiger partial charge in [-0.3, -0.25) is 4.98 Å². The van der Waals surface area contributed by atoms with Gasteiger partial charge in [0, 0.05) is 30.2 Å². The predicted molar refractivity (Wildman–Crippen MR) is 51.1 cm³/mol. The van der Waals surface area contributed by atoms with Crippen LogP contribution in [0.3, 0.4) is 0 Å². The lowest BCUT2D eigenvalue weighted by molar-refractivity contribution is 0.803. The Labute approximate surface area is 73.0 Å². The number of rotatable bonds is 3. The van der Waals surface area contributed by atoms with Crippen molar-refractivity contribution in [3.63, 3.8) is 0 Å². The molecule has 0 saturated heterocycles. The fourth-order valence-corrected chi connectivity index (χ4v) is 0.979. The molecule has 0 aliphatic rings. The molecule has 1 heterocycles. The lowest BCUT2D eigenvalue weighted by Crippen LogP contribution is -2.25. The first-order valence-corrected chi connectivity index (χ1v) is 4.11. The number of aryl methyl sites for hydroxylation is 1. The minimum atomic E-state index is 0.312. The number of aromatic nitrogens is 1. The van der Waals surface area contributed by atoms with Crippen LogP contribution in [-0.4, -0.2) is 17.6 Å². The average Bonchev–Trinajstić information content (AvgIpc) is 2.04. The van der Waals surface area contributed by atoms with Crippen molar-refractivity contribution >= 4 is 5.69 Å². The van der Waals surface area contributed by atoms with E-state index >= 15 is 0 Å². The maximum Gasteiger partial charge on any atom is 0.0393 e. The number of nitrogens with one attached hydrogen (secondary N) is 1. The molecule has 3 heteroatoms. The van der Waals surface area contributed by atoms with Crippen LogP contribution in [0.1, 0.15) is 12.6 Å². The van der Waals surface area contributed by atoms with Crippen molar-refractivity contribution in [1.29, 1.82) is 0 Å². The van der Waals surface area contributed by atoms with Crippen molar-refractivity contribution in [3.8, 4) is 0 Å². The predicted octanol–water partition coefficient (Wildman–Crippen LogP) is 1.15. The molecule has 0 aliphatic carbocycles. The lowest BCUT2D eigenvalue weighted by atomic mass is 10.3. The maximum atomic E-state index is 5.48. The Morgan fingerprint density at radius 3 is 3.00 bits per heavy atom. The van der Waals surface area contributed by atoms with E-state index in [2.05, 4.69) is 17.2 Å². The highest BCUT2D eigenvalue weighted by molar-refractivity contribution is 5.43. The Hall–Kier alpha value is -1.09. The van der Waals surface area contributed by atoms with Crippen LogP contribution in [0.2, 0.25) is 0 Å². The van der Waals surface area contributed by atoms with E-state index in [1.165, 1.54) is 0 Å². The van der Waals surface area contributed by atoms with Crippen molar-refractivity contribution in [1.82, 2.24) is 4.98 Å². The Balaban J connectivity index is 2.63. The molecule has 0 saturated carbocycles. The lowest BCUT2D eigenvalue weighted by Gasteiger charge is -2.12. The van der Waals surface area contributed by atoms with Crippen LogP contribution in [-0.2, 0) is 0 Å². The summed E-state index contributed by atoms with van der Waals surface area (Å²) in [5.41, 5.74) is 7.58. The van der Waals surface area contributed by atoms with Crippen molar-refractivity contribution in [3.05, 3.63) is 24.0 Å². The quantitative estimate of drug-likeness (QED) is 0.706. The topological polar surface area (TPSA) is 50.9 Å². The van der Waals surface area contributed by atoms with E-state index in [0.29, 0.717) is 12.6 Å². The van der Waals surface area contributed by atoms with Crippen LogP contribution in [0, 0.1) is 6.92 Å². The van der Waals surface area contributed by atoms with Gasteiger partial charge in [0.25, 0.3) is 0 Å². The van der Waals surface area contributed by atoms with Gasteiger partial charge in [0.15, 0.2) is 0 Å². The van der Waals surface area contributed by atoms with E-state index in [4.69, 9.17) is 5.73 Å². The second-order valence-corrected chi connectivity index (χ2v) is 2.97. The van der Waals surface area contributed by atoms with Gasteiger partial charge in [-0.2, -0.15) is 0 Å². The number of pyridine rings is 1. The molecule has 0 amide bonds. The third-order valence-electron chi connectivity index (χ3n) is 1.66. The van der Waals surface area contributed by atoms with Gasteiger partial charge in [0.05, 0.1) is 0 Å². The number of anilines is 1. The van der Waals surface area contributed by atoms with Gasteiger partial charge in [0.2, 0.25) is 0 Å². The summed E-state index contributed by atoms with van der Waals surface area (Å²) in [7, 11) is 0. The van der Waals surface area contributed by atoms with Crippen LogP contribution < -0.4 is 11.1 Å². The first-order chi connectivity index (χ1) is 5.72. The number of nitrogens with zero attached hydrogens (tertiary/aromatic N) is 1. The smallest absolute Gasteiger partial charge is 0.0393 e. The van der Waals surface area contributed by atoms with Crippen molar-refractivity contribution < 1.29 is 0 Å². The first kappa shape index (κ1) is 9.00. The van der Waals surface area contributed by atoms with E-state index in [1.54, 1.807) is 6.20 Å². The molecular weight excluding hydrogens is 150 g/mol. The minimum Gasteiger partial charge on any atom is -0.381 e. The summed E-state index contributed by atoms with van der Waals surface area (Å²) in [5.74, 6) is 0. The number of hydrogen-bond donors (Lipinski definition) is 2. The molecule has 3 N–H and O–H groups in total. The second kappa shape index (κ2) is 4.07. The normalized spacial score (nSPS) is 12.6. The molecule has 1 aromatic rings. The average molecular weight is 165 g/mol. The summed E-state index contributed by atoms with van der Waals surface area (Å²) in [6.07, 6.45) is 1.79. The largest absolute Gasteiger partial charge is 0.381 e. The summed E-state index contributed by atoms with van der Waals surface area (Å²) >= 11 is 0. The molecule has 3 nitrogen and oxygen atoms in total. The summed E-state index contributed by atoms with van der Waals surface area (Å²) in [6.45, 7) is 4.66. The first-order valence-electron chi connectivity index (χ1n) is 4.11. The third-order valence-corrected chi connectivity index (χ3v) is 1.66. The highest BCUT2D eigenvalue weighted by Crippen LogP contribution is 2.07. The summed E-state index contributed by atoms with van der Waals surface area (Å²) < 4.78 is 0. The van der Waals surface area contributed by atoms with E-state index in [0.717, 1.165) is 11.4 Å². The van der Waals surface area contributed by atoms with Crippen molar-refractivity contribution in [2.45, 2.75) is 19.9 Å². The van der Waals surface area contributed by atoms with Crippen LogP contribution in [0.5, 0.6) is 0 Å². The van der Waals surface area contributed by atoms with Gasteiger partial charge in [0.1, 0.15) is 0 Å². The molecule has 0 fully saturated rings. The summed E-state index contributed by atoms with van der Waals surface area (Å²) in [5, 5.41) is 3.27. The SMILES string of the molecule is Cc1cc(NC(C)CN)ccn1. The van der Waals surface area contributed by atoms with Crippen LogP contribution in [0.15, 0.2) is 18.3 Å². The Morgan fingerprint density at radius 2 is 2.42 bits per heavy atom. The Bertz CT molecular complexity index is 247. The Morgan fingerprint density at radius 1 is 1.67 bits per heavy atom. The summed E-state index contributed by atoms with van der Waals surface area (Å²) in [4.78, 5) is 4.10. The van der Waals surface area contributed by atoms with Gasteiger partial charge >= 0.3 is 0 Å². The Kier molecular flexibility index (Phi) is 3.05. The monoisotopic (exact) mass is 165 g/mol. The van der Waals surface area contributed by atoms with Crippen LogP contribution >= 0.6 is 0 Å². The molecule has 0 aliphatic heterocycles. The van der Waals surface area contributed by atoms with Gasteiger partial charge in [-0.05, 0) is 26.0 Å². The van der Waals surface area contributed by atoms with Crippen LogP contribution in [0.4, 0.5) is 5.69 Å². The molecule has 1 unspecified atom stereocenters. The van der Waals surface area contributed by atoms with Gasteiger partial charge in [-0.1, -0.05) is 0 Å². The number of nitrogens with two attached hydrogens (primary N) is 1. The van der Waals surface area contributed by atoms with Crippen molar-refractivity contribution in [2.24, 2.45) is 5.73 Å². The van der Waals surface area contributed by atoms with E-state index in [-0.39, 0.29) is 0 Å². The molecule has 12 heavy (non-hydrogen) atoms. The minimum absolute atomic E-state index is 0.312. The third kappa shape index (κ3) is 2.51. The molecule has 1 aromatic heterocycles. The second-order valence-electron chi connectivity index (χ2n) is 2.97. The molecule has 1 atom stereocenters. The van der Waals surface area contributed by atoms with Gasteiger partial charge in [-0.15, -0.1) is 0 Å². The standard InChI is InChI=1S/C9H15N3/c1-7-5-9(3-4-11-7)12-8(2)6-10/h3-5,8H,6,10H2,1-2H3,(H,11,12). The molecule has 66 valence electrons. The van der Waals surface area contributed by atoms with Gasteiger partial charge in [-0.25, -0.2) is 0 Å². The van der Waals surface area contributed by atoms with Crippen LogP contribution in [0.25, 0.3) is 0 Å². The fraction of sp³-hybridized carbons (Fsp3) is 0.444. The van der Waals surface area contributed by atoms with E-state index < -0.39 is 0 Å². The molecular formula is C9H15N3. The number of hydrogen-bond acceptors (Lipinski definition) is 3. The maximum absolute atomic E-state index is 5.48. The van der Waals surface area contributed by atoms with Gasteiger partial charge < -0.3 is 11.1 Å². The molecule has 0 radical (unpaired) electrons. The highest BCUT2D eigenvalue weighted by atomic mass is 14.9. The van der Waals surface area contributed by atoms with E-state index in [9.17, 15) is 0 Å². The fourth-order valence-electron chi connectivity index (χ4n) is 0.979. The highest BCUT2D eigenvalue weighted by Gasteiger charge is 1.98. The zero-order valence-corrected chi connectivity index (χ0v) is 7.54.